The van der Waals surface area contributed by atoms with Gasteiger partial charge in [-0.3, -0.25) is 4.72 Å². The third-order valence-corrected chi connectivity index (χ3v) is 6.17. The highest BCUT2D eigenvalue weighted by Gasteiger charge is 2.21. The number of anilines is 2. The maximum absolute atomic E-state index is 11.8. The van der Waals surface area contributed by atoms with Crippen LogP contribution < -0.4 is 9.62 Å². The first kappa shape index (κ1) is 20.3. The van der Waals surface area contributed by atoms with Crippen molar-refractivity contribution < 1.29 is 13.2 Å². The molecule has 1 fully saturated rings. The summed E-state index contributed by atoms with van der Waals surface area (Å²) in [6, 6.07) is 2.02. The molecule has 4 heterocycles. The summed E-state index contributed by atoms with van der Waals surface area (Å²) >= 11 is 2.52. The predicted molar refractivity (Wildman–Crippen MR) is 112 cm³/mol. The lowest BCUT2D eigenvalue weighted by molar-refractivity contribution is 0.122. The molecule has 0 saturated carbocycles. The summed E-state index contributed by atoms with van der Waals surface area (Å²) in [6.45, 7) is 2.39. The topological polar surface area (TPSA) is 151 Å². The Bertz CT molecular complexity index is 1200. The number of nitrogens with one attached hydrogen (secondary N) is 1. The van der Waals surface area contributed by atoms with Crippen LogP contribution in [0.5, 0.6) is 0 Å². The number of ether oxygens (including phenoxy) is 1. The Morgan fingerprint density at radius 1 is 1.30 bits per heavy atom. The van der Waals surface area contributed by atoms with Crippen LogP contribution in [-0.4, -0.2) is 60.7 Å². The first-order chi connectivity index (χ1) is 14.4. The number of nitriles is 1. The van der Waals surface area contributed by atoms with Crippen molar-refractivity contribution in [3.63, 3.8) is 0 Å². The summed E-state index contributed by atoms with van der Waals surface area (Å²) in [5, 5.41) is 25.0. The third kappa shape index (κ3) is 4.46. The van der Waals surface area contributed by atoms with Gasteiger partial charge in [-0.1, -0.05) is 11.3 Å². The molecule has 12 nitrogen and oxygen atoms in total. The molecule has 15 heteroatoms. The maximum Gasteiger partial charge on any atom is 0.231 e. The van der Waals surface area contributed by atoms with Crippen molar-refractivity contribution in [2.45, 2.75) is 0 Å². The number of rotatable bonds is 6. The van der Waals surface area contributed by atoms with Crippen LogP contribution in [0.2, 0.25) is 0 Å². The molecule has 0 radical (unpaired) electrons. The van der Waals surface area contributed by atoms with Crippen molar-refractivity contribution in [3.05, 3.63) is 23.3 Å². The van der Waals surface area contributed by atoms with Gasteiger partial charge in [-0.15, -0.1) is 21.6 Å². The number of nitrogens with zero attached hydrogens (tertiary/aromatic N) is 8. The fraction of sp³-hybridized carbons (Fsp3) is 0.333. The SMILES string of the molecule is CS(=O)(=O)Nc1nc(N2CCOCC2)sc1N=Nc1c(C#N)cnn1-c1nccs1. The monoisotopic (exact) mass is 465 g/mol. The number of hydrogen-bond acceptors (Lipinski definition) is 12. The maximum atomic E-state index is 11.8. The summed E-state index contributed by atoms with van der Waals surface area (Å²) in [7, 11) is -3.57. The molecule has 1 saturated heterocycles. The molecule has 0 amide bonds. The van der Waals surface area contributed by atoms with E-state index in [4.69, 9.17) is 4.74 Å². The second-order valence-corrected chi connectivity index (χ2v) is 9.62. The van der Waals surface area contributed by atoms with Gasteiger partial charge in [0.25, 0.3) is 0 Å². The van der Waals surface area contributed by atoms with Crippen molar-refractivity contribution in [1.82, 2.24) is 19.7 Å². The van der Waals surface area contributed by atoms with Crippen molar-refractivity contribution >= 4 is 54.5 Å². The second-order valence-electron chi connectivity index (χ2n) is 6.04. The van der Waals surface area contributed by atoms with E-state index in [1.807, 2.05) is 11.0 Å². The van der Waals surface area contributed by atoms with Crippen molar-refractivity contribution in [3.8, 4) is 11.2 Å². The standard InChI is InChI=1S/C15H15N9O3S3/c1-30(25,26)22-11-13(29-15(19-11)23-3-5-27-6-4-23)21-20-12-10(8-16)9-18-24(12)14-17-2-7-28-14/h2,7,9,22H,3-6H2,1H3. The minimum Gasteiger partial charge on any atom is -0.378 e. The van der Waals surface area contributed by atoms with Crippen molar-refractivity contribution in [2.24, 2.45) is 10.2 Å². The number of aromatic nitrogens is 4. The van der Waals surface area contributed by atoms with Gasteiger partial charge in [0, 0.05) is 24.7 Å². The summed E-state index contributed by atoms with van der Waals surface area (Å²) in [5.74, 6) is 0.269. The molecule has 30 heavy (non-hydrogen) atoms. The summed E-state index contributed by atoms with van der Waals surface area (Å²) in [5.41, 5.74) is 0.212. The Hall–Kier alpha value is -2.93. The lowest BCUT2D eigenvalue weighted by Crippen LogP contribution is -2.36. The van der Waals surface area contributed by atoms with E-state index >= 15 is 0 Å². The molecule has 1 N–H and O–H groups in total. The number of hydrogen-bond donors (Lipinski definition) is 1. The summed E-state index contributed by atoms with van der Waals surface area (Å²) in [6.07, 6.45) is 4.02. The number of morpholine rings is 1. The Kier molecular flexibility index (Phi) is 5.72. The lowest BCUT2D eigenvalue weighted by atomic mass is 10.4. The van der Waals surface area contributed by atoms with Gasteiger partial charge in [0.1, 0.15) is 11.6 Å². The zero-order chi connectivity index (χ0) is 21.1. The van der Waals surface area contributed by atoms with E-state index in [0.717, 1.165) is 6.26 Å². The van der Waals surface area contributed by atoms with Crippen LogP contribution >= 0.6 is 22.7 Å². The highest BCUT2D eigenvalue weighted by atomic mass is 32.2. The number of thiazole rings is 2. The molecule has 3 aromatic heterocycles. The van der Waals surface area contributed by atoms with Crippen LogP contribution in [0.3, 0.4) is 0 Å². The van der Waals surface area contributed by atoms with Gasteiger partial charge in [-0.25, -0.2) is 13.4 Å². The Morgan fingerprint density at radius 3 is 2.77 bits per heavy atom. The molecule has 1 aliphatic heterocycles. The van der Waals surface area contributed by atoms with Gasteiger partial charge in [0.2, 0.25) is 15.2 Å². The number of azo groups is 1. The molecule has 0 spiro atoms. The minimum absolute atomic E-state index is 0.0755. The Morgan fingerprint density at radius 2 is 2.10 bits per heavy atom. The van der Waals surface area contributed by atoms with Gasteiger partial charge in [-0.05, 0) is 0 Å². The van der Waals surface area contributed by atoms with Crippen LogP contribution in [0.15, 0.2) is 28.0 Å². The molecule has 0 unspecified atom stereocenters. The zero-order valence-corrected chi connectivity index (χ0v) is 18.0. The average Bonchev–Trinajstić information content (AvgIpc) is 3.45. The summed E-state index contributed by atoms with van der Waals surface area (Å²) < 4.78 is 32.7. The van der Waals surface area contributed by atoms with E-state index in [1.54, 1.807) is 11.6 Å². The highest BCUT2D eigenvalue weighted by molar-refractivity contribution is 7.92. The molecule has 0 bridgehead atoms. The van der Waals surface area contributed by atoms with E-state index in [9.17, 15) is 13.7 Å². The lowest BCUT2D eigenvalue weighted by Gasteiger charge is -2.25. The molecule has 3 aromatic rings. The van der Waals surface area contributed by atoms with Crippen LogP contribution in [-0.2, 0) is 14.8 Å². The molecular formula is C15H15N9O3S3. The quantitative estimate of drug-likeness (QED) is 0.545. The van der Waals surface area contributed by atoms with E-state index in [2.05, 4.69) is 30.0 Å². The predicted octanol–water partition coefficient (Wildman–Crippen LogP) is 2.28. The van der Waals surface area contributed by atoms with Crippen molar-refractivity contribution in [2.75, 3.05) is 42.2 Å². The first-order valence-electron chi connectivity index (χ1n) is 8.55. The third-order valence-electron chi connectivity index (χ3n) is 3.86. The number of sulfonamides is 1. The van der Waals surface area contributed by atoms with Crippen LogP contribution in [0.4, 0.5) is 21.8 Å². The van der Waals surface area contributed by atoms with Gasteiger partial charge < -0.3 is 9.64 Å². The molecule has 0 aliphatic carbocycles. The second kappa shape index (κ2) is 8.44. The van der Waals surface area contributed by atoms with Crippen molar-refractivity contribution in [1.29, 1.82) is 5.26 Å². The molecule has 1 aliphatic rings. The van der Waals surface area contributed by atoms with Crippen LogP contribution in [0, 0.1) is 11.3 Å². The van der Waals surface area contributed by atoms with Gasteiger partial charge in [0.15, 0.2) is 21.8 Å². The van der Waals surface area contributed by atoms with E-state index in [-0.39, 0.29) is 22.2 Å². The van der Waals surface area contributed by atoms with Gasteiger partial charge in [-0.2, -0.15) is 20.0 Å². The Balaban J connectivity index is 1.72. The van der Waals surface area contributed by atoms with E-state index in [1.165, 1.54) is 33.6 Å². The molecule has 0 aromatic carbocycles. The zero-order valence-electron chi connectivity index (χ0n) is 15.6. The van der Waals surface area contributed by atoms with Crippen LogP contribution in [0.1, 0.15) is 5.56 Å². The molecule has 4 rings (SSSR count). The minimum atomic E-state index is -3.57. The average molecular weight is 466 g/mol. The van der Waals surface area contributed by atoms with E-state index in [0.29, 0.717) is 36.6 Å². The highest BCUT2D eigenvalue weighted by Crippen LogP contribution is 2.39. The normalized spacial score (nSPS) is 14.9. The fourth-order valence-electron chi connectivity index (χ4n) is 2.57. The van der Waals surface area contributed by atoms with E-state index < -0.39 is 10.0 Å². The van der Waals surface area contributed by atoms with Crippen LogP contribution in [0.25, 0.3) is 5.13 Å². The Labute approximate surface area is 179 Å². The van der Waals surface area contributed by atoms with Gasteiger partial charge in [0.05, 0.1) is 25.7 Å². The largest absolute Gasteiger partial charge is 0.378 e. The summed E-state index contributed by atoms with van der Waals surface area (Å²) in [4.78, 5) is 10.5. The molecule has 156 valence electrons. The molecule has 0 atom stereocenters. The first-order valence-corrected chi connectivity index (χ1v) is 12.1. The molecular weight excluding hydrogens is 450 g/mol. The fourth-order valence-corrected chi connectivity index (χ4v) is 4.62. The van der Waals surface area contributed by atoms with Gasteiger partial charge >= 0.3 is 0 Å². The smallest absolute Gasteiger partial charge is 0.231 e.